The Morgan fingerprint density at radius 1 is 1.50 bits per heavy atom. The van der Waals surface area contributed by atoms with Gasteiger partial charge >= 0.3 is 0 Å². The van der Waals surface area contributed by atoms with Gasteiger partial charge in [-0.05, 0) is 31.2 Å². The van der Waals surface area contributed by atoms with E-state index in [4.69, 9.17) is 0 Å². The second kappa shape index (κ2) is 6.43. The fraction of sp³-hybridized carbons (Fsp3) is 0.500. The van der Waals surface area contributed by atoms with Crippen LogP contribution in [0.3, 0.4) is 0 Å². The fourth-order valence-corrected chi connectivity index (χ4v) is 2.25. The maximum absolute atomic E-state index is 11.6. The van der Waals surface area contributed by atoms with Gasteiger partial charge in [-0.15, -0.1) is 11.3 Å². The van der Waals surface area contributed by atoms with Gasteiger partial charge in [0.1, 0.15) is 5.78 Å². The van der Waals surface area contributed by atoms with E-state index in [1.165, 1.54) is 11.8 Å². The highest BCUT2D eigenvalue weighted by Gasteiger charge is 2.20. The molecule has 1 heterocycles. The van der Waals surface area contributed by atoms with Gasteiger partial charge in [0, 0.05) is 11.4 Å². The van der Waals surface area contributed by atoms with Gasteiger partial charge in [0.15, 0.2) is 0 Å². The molecule has 88 valence electrons. The van der Waals surface area contributed by atoms with Crippen LogP contribution in [0.4, 0.5) is 0 Å². The van der Waals surface area contributed by atoms with Gasteiger partial charge in [0.05, 0.1) is 5.92 Å². The summed E-state index contributed by atoms with van der Waals surface area (Å²) in [6.45, 7) is 3.92. The Labute approximate surface area is 99.9 Å². The first-order valence-corrected chi connectivity index (χ1v) is 6.33. The Kier molecular flexibility index (Phi) is 5.19. The molecule has 3 nitrogen and oxygen atoms in total. The number of carbonyl (C=O) groups is 2. The van der Waals surface area contributed by atoms with E-state index in [0.717, 1.165) is 6.42 Å². The molecule has 0 saturated carbocycles. The molecule has 1 aromatic heterocycles. The minimum Gasteiger partial charge on any atom is -0.355 e. The van der Waals surface area contributed by atoms with Crippen LogP contribution in [-0.4, -0.2) is 18.2 Å². The maximum atomic E-state index is 11.6. The minimum absolute atomic E-state index is 0.0591. The van der Waals surface area contributed by atoms with E-state index in [0.29, 0.717) is 13.0 Å². The molecule has 4 heteroatoms. The number of carbonyl (C=O) groups excluding carboxylic acids is 2. The van der Waals surface area contributed by atoms with Crippen LogP contribution in [0.1, 0.15) is 25.1 Å². The van der Waals surface area contributed by atoms with Crippen LogP contribution in [0.2, 0.25) is 0 Å². The monoisotopic (exact) mass is 239 g/mol. The summed E-state index contributed by atoms with van der Waals surface area (Å²) in [6, 6.07) is 4.03. The van der Waals surface area contributed by atoms with Crippen LogP contribution in [0.15, 0.2) is 17.5 Å². The van der Waals surface area contributed by atoms with E-state index in [1.807, 2.05) is 24.4 Å². The van der Waals surface area contributed by atoms with Gasteiger partial charge in [0.2, 0.25) is 5.91 Å². The molecule has 1 N–H and O–H groups in total. The van der Waals surface area contributed by atoms with E-state index >= 15 is 0 Å². The molecule has 1 atom stereocenters. The van der Waals surface area contributed by atoms with Gasteiger partial charge < -0.3 is 5.32 Å². The molecule has 0 fully saturated rings. The van der Waals surface area contributed by atoms with Crippen molar-refractivity contribution in [2.45, 2.75) is 26.7 Å². The number of Topliss-reactive ketones (excluding diaryl/α,β-unsaturated/α-hetero) is 1. The van der Waals surface area contributed by atoms with Crippen LogP contribution >= 0.6 is 11.3 Å². The zero-order chi connectivity index (χ0) is 12.0. The van der Waals surface area contributed by atoms with Crippen molar-refractivity contribution in [3.05, 3.63) is 22.4 Å². The highest BCUT2D eigenvalue weighted by molar-refractivity contribution is 7.09. The molecule has 0 aliphatic carbocycles. The van der Waals surface area contributed by atoms with Crippen molar-refractivity contribution < 1.29 is 9.59 Å². The summed E-state index contributed by atoms with van der Waals surface area (Å²) in [5, 5.41) is 4.82. The first kappa shape index (κ1) is 12.9. The molecule has 0 spiro atoms. The van der Waals surface area contributed by atoms with Crippen molar-refractivity contribution in [1.82, 2.24) is 5.32 Å². The molecule has 1 rings (SSSR count). The third-order valence-corrected chi connectivity index (χ3v) is 3.40. The molecule has 1 aromatic rings. The number of hydrogen-bond donors (Lipinski definition) is 1. The van der Waals surface area contributed by atoms with Crippen LogP contribution in [0, 0.1) is 5.92 Å². The Balaban J connectivity index is 2.32. The molecule has 0 saturated heterocycles. The number of thiophene rings is 1. The Bertz CT molecular complexity index is 346. The van der Waals surface area contributed by atoms with Crippen molar-refractivity contribution in [2.24, 2.45) is 5.92 Å². The zero-order valence-electron chi connectivity index (χ0n) is 9.66. The first-order valence-electron chi connectivity index (χ1n) is 5.45. The van der Waals surface area contributed by atoms with Crippen LogP contribution in [0.25, 0.3) is 0 Å². The molecule has 0 aliphatic heterocycles. The van der Waals surface area contributed by atoms with E-state index in [-0.39, 0.29) is 11.7 Å². The second-order valence-electron chi connectivity index (χ2n) is 3.69. The lowest BCUT2D eigenvalue weighted by molar-refractivity contribution is -0.133. The largest absolute Gasteiger partial charge is 0.355 e. The summed E-state index contributed by atoms with van der Waals surface area (Å²) >= 11 is 1.68. The topological polar surface area (TPSA) is 46.2 Å². The highest BCUT2D eigenvalue weighted by Crippen LogP contribution is 2.08. The molecule has 0 aliphatic rings. The average Bonchev–Trinajstić information content (AvgIpc) is 2.71. The van der Waals surface area contributed by atoms with Crippen molar-refractivity contribution in [1.29, 1.82) is 0 Å². The van der Waals surface area contributed by atoms with Crippen molar-refractivity contribution >= 4 is 23.0 Å². The summed E-state index contributed by atoms with van der Waals surface area (Å²) in [5.74, 6) is -0.689. The third-order valence-electron chi connectivity index (χ3n) is 2.47. The normalized spacial score (nSPS) is 12.1. The predicted octanol–water partition coefficient (Wildman–Crippen LogP) is 2.02. The molecular formula is C12H17NO2S. The lowest BCUT2D eigenvalue weighted by atomic mass is 10.0. The molecule has 0 aromatic carbocycles. The van der Waals surface area contributed by atoms with E-state index < -0.39 is 5.92 Å². The Morgan fingerprint density at radius 3 is 2.75 bits per heavy atom. The summed E-state index contributed by atoms with van der Waals surface area (Å²) in [7, 11) is 0. The number of amides is 1. The maximum Gasteiger partial charge on any atom is 0.230 e. The fourth-order valence-electron chi connectivity index (χ4n) is 1.54. The number of nitrogens with one attached hydrogen (secondary N) is 1. The predicted molar refractivity (Wildman–Crippen MR) is 65.5 cm³/mol. The van der Waals surface area contributed by atoms with Gasteiger partial charge in [0.25, 0.3) is 0 Å². The van der Waals surface area contributed by atoms with Gasteiger partial charge in [-0.25, -0.2) is 0 Å². The first-order chi connectivity index (χ1) is 7.65. The molecule has 1 unspecified atom stereocenters. The minimum atomic E-state index is -0.483. The van der Waals surface area contributed by atoms with Crippen LogP contribution in [-0.2, 0) is 16.0 Å². The Morgan fingerprint density at radius 2 is 2.25 bits per heavy atom. The van der Waals surface area contributed by atoms with E-state index in [1.54, 1.807) is 11.3 Å². The molecule has 1 amide bonds. The zero-order valence-corrected chi connectivity index (χ0v) is 10.5. The number of hydrogen-bond acceptors (Lipinski definition) is 3. The average molecular weight is 239 g/mol. The second-order valence-corrected chi connectivity index (χ2v) is 4.72. The smallest absolute Gasteiger partial charge is 0.230 e. The van der Waals surface area contributed by atoms with Gasteiger partial charge in [-0.2, -0.15) is 0 Å². The van der Waals surface area contributed by atoms with E-state index in [2.05, 4.69) is 5.32 Å². The summed E-state index contributed by atoms with van der Waals surface area (Å²) < 4.78 is 0. The summed E-state index contributed by atoms with van der Waals surface area (Å²) in [4.78, 5) is 24.0. The molecule has 16 heavy (non-hydrogen) atoms. The molecular weight excluding hydrogens is 222 g/mol. The quantitative estimate of drug-likeness (QED) is 0.772. The number of ketones is 1. The van der Waals surface area contributed by atoms with Crippen molar-refractivity contribution in [3.63, 3.8) is 0 Å². The highest BCUT2D eigenvalue weighted by atomic mass is 32.1. The van der Waals surface area contributed by atoms with Gasteiger partial charge in [-0.3, -0.25) is 9.59 Å². The lowest BCUT2D eigenvalue weighted by Crippen LogP contribution is -2.35. The Hall–Kier alpha value is -1.16. The number of rotatable bonds is 6. The molecule has 0 radical (unpaired) electrons. The SMILES string of the molecule is CCC(C(C)=O)C(=O)NCCc1cccs1. The lowest BCUT2D eigenvalue weighted by Gasteiger charge is -2.11. The molecule has 0 bridgehead atoms. The van der Waals surface area contributed by atoms with Crippen molar-refractivity contribution in [2.75, 3.05) is 6.54 Å². The third kappa shape index (κ3) is 3.77. The van der Waals surface area contributed by atoms with Crippen molar-refractivity contribution in [3.8, 4) is 0 Å². The van der Waals surface area contributed by atoms with Crippen LogP contribution in [0.5, 0.6) is 0 Å². The van der Waals surface area contributed by atoms with Gasteiger partial charge in [-0.1, -0.05) is 13.0 Å². The standard InChI is InChI=1S/C12H17NO2S/c1-3-11(9(2)14)12(15)13-7-6-10-5-4-8-16-10/h4-5,8,11H,3,6-7H2,1-2H3,(H,13,15). The van der Waals surface area contributed by atoms with Crippen LogP contribution < -0.4 is 5.32 Å². The summed E-state index contributed by atoms with van der Waals surface area (Å²) in [5.41, 5.74) is 0. The summed E-state index contributed by atoms with van der Waals surface area (Å²) in [6.07, 6.45) is 1.40. The van der Waals surface area contributed by atoms with E-state index in [9.17, 15) is 9.59 Å².